The molecule has 1 aliphatic heterocycles. The van der Waals surface area contributed by atoms with Gasteiger partial charge >= 0.3 is 0 Å². The zero-order valence-corrected chi connectivity index (χ0v) is 19.8. The van der Waals surface area contributed by atoms with E-state index in [2.05, 4.69) is 21.6 Å². The van der Waals surface area contributed by atoms with E-state index in [1.54, 1.807) is 25.0 Å². The summed E-state index contributed by atoms with van der Waals surface area (Å²) in [5, 5.41) is 6.95. The third-order valence-corrected chi connectivity index (χ3v) is 6.37. The second-order valence-corrected chi connectivity index (χ2v) is 8.45. The lowest BCUT2D eigenvalue weighted by molar-refractivity contribution is 0.0964. The first-order chi connectivity index (χ1) is 16.6. The highest BCUT2D eigenvalue weighted by atomic mass is 16.5. The molecule has 3 heterocycles. The molecule has 1 aliphatic rings. The predicted molar refractivity (Wildman–Crippen MR) is 133 cm³/mol. The van der Waals surface area contributed by atoms with Gasteiger partial charge in [0.2, 0.25) is 0 Å². The Kier molecular flexibility index (Phi) is 7.82. The minimum Gasteiger partial charge on any atom is -0.497 e. The van der Waals surface area contributed by atoms with Gasteiger partial charge in [0, 0.05) is 50.2 Å². The van der Waals surface area contributed by atoms with Crippen LogP contribution in [0.4, 0.5) is 0 Å². The zero-order chi connectivity index (χ0) is 23.9. The average molecular weight is 465 g/mol. The summed E-state index contributed by atoms with van der Waals surface area (Å²) in [5.41, 5.74) is 0.916. The number of fused-ring (bicyclic) bond motifs is 1. The molecule has 0 radical (unpaired) electrons. The lowest BCUT2D eigenvalue weighted by Crippen LogP contribution is -2.44. The normalized spacial score (nSPS) is 15.2. The molecule has 2 aromatic heterocycles. The van der Waals surface area contributed by atoms with E-state index in [9.17, 15) is 9.59 Å². The summed E-state index contributed by atoms with van der Waals surface area (Å²) in [6.07, 6.45) is 7.86. The Morgan fingerprint density at radius 2 is 2.03 bits per heavy atom. The van der Waals surface area contributed by atoms with E-state index in [4.69, 9.17) is 9.15 Å². The van der Waals surface area contributed by atoms with Crippen LogP contribution in [0.2, 0.25) is 0 Å². The average Bonchev–Trinajstić information content (AvgIpc) is 3.39. The quantitative estimate of drug-likeness (QED) is 0.506. The Hall–Kier alpha value is -3.36. The van der Waals surface area contributed by atoms with Crippen LogP contribution in [0.5, 0.6) is 5.75 Å². The largest absolute Gasteiger partial charge is 0.497 e. The number of ether oxygens (including phenoxy) is 1. The van der Waals surface area contributed by atoms with Crippen molar-refractivity contribution in [3.05, 3.63) is 70.4 Å². The van der Waals surface area contributed by atoms with Crippen molar-refractivity contribution < 1.29 is 13.9 Å². The van der Waals surface area contributed by atoms with E-state index in [1.807, 2.05) is 36.4 Å². The Labute approximate surface area is 199 Å². The van der Waals surface area contributed by atoms with Crippen LogP contribution >= 0.6 is 0 Å². The van der Waals surface area contributed by atoms with Crippen LogP contribution in [0.3, 0.4) is 0 Å². The second kappa shape index (κ2) is 11.2. The minimum atomic E-state index is -0.270. The third-order valence-electron chi connectivity index (χ3n) is 6.37. The Bertz CT molecular complexity index is 1190. The number of furan rings is 1. The SMILES string of the molecule is CNC(=O)c1cc(=O)n(CCN2CCC(NCC=Cc3ccco3)CC2)c2cc(OC)ccc12. The van der Waals surface area contributed by atoms with E-state index < -0.39 is 0 Å². The van der Waals surface area contributed by atoms with Crippen molar-refractivity contribution in [1.82, 2.24) is 20.1 Å². The van der Waals surface area contributed by atoms with Gasteiger partial charge in [0.1, 0.15) is 11.5 Å². The number of pyridine rings is 1. The number of aromatic nitrogens is 1. The second-order valence-electron chi connectivity index (χ2n) is 8.45. The molecule has 0 atom stereocenters. The van der Waals surface area contributed by atoms with E-state index in [1.165, 1.54) is 6.07 Å². The number of nitrogens with zero attached hydrogens (tertiary/aromatic N) is 2. The monoisotopic (exact) mass is 464 g/mol. The number of hydrogen-bond donors (Lipinski definition) is 2. The maximum absolute atomic E-state index is 12.9. The molecular weight excluding hydrogens is 432 g/mol. The van der Waals surface area contributed by atoms with Crippen LogP contribution < -0.4 is 20.9 Å². The summed E-state index contributed by atoms with van der Waals surface area (Å²) in [6, 6.07) is 11.2. The van der Waals surface area contributed by atoms with E-state index in [0.29, 0.717) is 29.4 Å². The number of amides is 1. The molecule has 0 aliphatic carbocycles. The number of hydrogen-bond acceptors (Lipinski definition) is 6. The highest BCUT2D eigenvalue weighted by molar-refractivity contribution is 6.06. The number of carbonyl (C=O) groups excluding carboxylic acids is 1. The van der Waals surface area contributed by atoms with Crippen LogP contribution in [0.15, 0.2) is 57.9 Å². The lowest BCUT2D eigenvalue weighted by Gasteiger charge is -2.32. The molecule has 0 bridgehead atoms. The Morgan fingerprint density at radius 1 is 1.21 bits per heavy atom. The number of rotatable bonds is 9. The number of methoxy groups -OCH3 is 1. The third kappa shape index (κ3) is 5.58. The maximum Gasteiger partial charge on any atom is 0.251 e. The lowest BCUT2D eigenvalue weighted by atomic mass is 10.0. The summed E-state index contributed by atoms with van der Waals surface area (Å²) < 4.78 is 12.4. The summed E-state index contributed by atoms with van der Waals surface area (Å²) in [5.74, 6) is 1.25. The molecule has 2 N–H and O–H groups in total. The summed E-state index contributed by atoms with van der Waals surface area (Å²) >= 11 is 0. The van der Waals surface area contributed by atoms with Gasteiger partial charge in [-0.2, -0.15) is 0 Å². The molecule has 8 heteroatoms. The topological polar surface area (TPSA) is 88.7 Å². The van der Waals surface area contributed by atoms with Crippen LogP contribution in [0, 0.1) is 0 Å². The fraction of sp³-hybridized carbons (Fsp3) is 0.385. The van der Waals surface area contributed by atoms with Crippen molar-refractivity contribution in [2.24, 2.45) is 0 Å². The molecule has 0 spiro atoms. The molecule has 0 unspecified atom stereocenters. The van der Waals surface area contributed by atoms with Gasteiger partial charge in [0.05, 0.1) is 24.5 Å². The number of nitrogens with one attached hydrogen (secondary N) is 2. The number of piperidine rings is 1. The number of carbonyl (C=O) groups is 1. The van der Waals surface area contributed by atoms with Crippen LogP contribution in [-0.4, -0.2) is 61.8 Å². The van der Waals surface area contributed by atoms with Gasteiger partial charge in [0.15, 0.2) is 0 Å². The van der Waals surface area contributed by atoms with Gasteiger partial charge in [-0.15, -0.1) is 0 Å². The number of likely N-dealkylation sites (tertiary alicyclic amines) is 1. The molecule has 1 amide bonds. The first-order valence-electron chi connectivity index (χ1n) is 11.7. The van der Waals surface area contributed by atoms with Crippen molar-refractivity contribution in [2.45, 2.75) is 25.4 Å². The first-order valence-corrected chi connectivity index (χ1v) is 11.7. The van der Waals surface area contributed by atoms with Gasteiger partial charge < -0.3 is 29.3 Å². The van der Waals surface area contributed by atoms with Gasteiger partial charge in [-0.05, 0) is 56.3 Å². The molecule has 180 valence electrons. The van der Waals surface area contributed by atoms with Crippen LogP contribution in [0.1, 0.15) is 29.0 Å². The van der Waals surface area contributed by atoms with Gasteiger partial charge in [0.25, 0.3) is 11.5 Å². The summed E-state index contributed by atoms with van der Waals surface area (Å²) in [6.45, 7) is 4.10. The molecule has 8 nitrogen and oxygen atoms in total. The van der Waals surface area contributed by atoms with Crippen molar-refractivity contribution in [1.29, 1.82) is 0 Å². The molecular formula is C26H32N4O4. The van der Waals surface area contributed by atoms with Gasteiger partial charge in [-0.25, -0.2) is 0 Å². The van der Waals surface area contributed by atoms with Gasteiger partial charge in [-0.3, -0.25) is 9.59 Å². The predicted octanol–water partition coefficient (Wildman–Crippen LogP) is 2.73. The summed E-state index contributed by atoms with van der Waals surface area (Å²) in [7, 11) is 3.16. The van der Waals surface area contributed by atoms with Crippen molar-refractivity contribution in [3.63, 3.8) is 0 Å². The minimum absolute atomic E-state index is 0.181. The Morgan fingerprint density at radius 3 is 2.74 bits per heavy atom. The molecule has 0 saturated carbocycles. The van der Waals surface area contributed by atoms with Crippen LogP contribution in [0.25, 0.3) is 17.0 Å². The highest BCUT2D eigenvalue weighted by Gasteiger charge is 2.19. The van der Waals surface area contributed by atoms with E-state index >= 15 is 0 Å². The van der Waals surface area contributed by atoms with Crippen molar-refractivity contribution in [2.75, 3.05) is 40.3 Å². The van der Waals surface area contributed by atoms with E-state index in [0.717, 1.165) is 50.2 Å². The summed E-state index contributed by atoms with van der Waals surface area (Å²) in [4.78, 5) is 27.6. The molecule has 1 fully saturated rings. The fourth-order valence-electron chi connectivity index (χ4n) is 4.44. The fourth-order valence-corrected chi connectivity index (χ4v) is 4.44. The first kappa shape index (κ1) is 23.8. The highest BCUT2D eigenvalue weighted by Crippen LogP contribution is 2.23. The van der Waals surface area contributed by atoms with Gasteiger partial charge in [-0.1, -0.05) is 6.08 Å². The smallest absolute Gasteiger partial charge is 0.251 e. The standard InChI is InChI=1S/C26H32N4O4/c1-27-26(32)23-18-25(31)30(24-17-21(33-2)7-8-22(23)24)15-14-29-12-9-19(10-13-29)28-11-3-5-20-6-4-16-34-20/h3-8,16-19,28H,9-15H2,1-2H3,(H,27,32). The number of benzene rings is 1. The molecule has 1 saturated heterocycles. The Balaban J connectivity index is 1.37. The van der Waals surface area contributed by atoms with Crippen molar-refractivity contribution in [3.8, 4) is 5.75 Å². The van der Waals surface area contributed by atoms with E-state index in [-0.39, 0.29) is 11.5 Å². The molecule has 34 heavy (non-hydrogen) atoms. The van der Waals surface area contributed by atoms with Crippen LogP contribution in [-0.2, 0) is 6.54 Å². The van der Waals surface area contributed by atoms with Crippen molar-refractivity contribution >= 4 is 22.9 Å². The maximum atomic E-state index is 12.9. The molecule has 1 aromatic carbocycles. The zero-order valence-electron chi connectivity index (χ0n) is 19.8. The molecule has 3 aromatic rings. The molecule has 4 rings (SSSR count).